The van der Waals surface area contributed by atoms with Crippen LogP contribution < -0.4 is 5.32 Å². The lowest BCUT2D eigenvalue weighted by Crippen LogP contribution is -2.36. The number of aromatic nitrogens is 1. The van der Waals surface area contributed by atoms with Crippen LogP contribution in [-0.2, 0) is 6.42 Å². The number of halogens is 1. The van der Waals surface area contributed by atoms with Crippen molar-refractivity contribution in [1.29, 1.82) is 0 Å². The van der Waals surface area contributed by atoms with Gasteiger partial charge in [-0.2, -0.15) is 0 Å². The number of aliphatic hydroxyl groups is 1. The molecule has 3 atom stereocenters. The van der Waals surface area contributed by atoms with Crippen molar-refractivity contribution in [3.63, 3.8) is 0 Å². The fourth-order valence-electron chi connectivity index (χ4n) is 5.62. The van der Waals surface area contributed by atoms with Crippen LogP contribution in [0.15, 0.2) is 61.2 Å². The Morgan fingerprint density at radius 3 is 2.74 bits per heavy atom. The van der Waals surface area contributed by atoms with E-state index >= 15 is 0 Å². The number of nitrogens with one attached hydrogen (secondary N) is 2. The Hall–Kier alpha value is -2.67. The summed E-state index contributed by atoms with van der Waals surface area (Å²) in [5.74, 6) is 0. The number of benzene rings is 2. The SMILES string of the molecule is C=CCCN1CCc2c([nH]c3ccccc23)[C@H]1c1ccc(N[C@@H]2CN(CCCF)C[C@@H]2O)cc1. The first-order valence-electron chi connectivity index (χ1n) is 12.4. The van der Waals surface area contributed by atoms with Crippen LogP contribution in [0.3, 0.4) is 0 Å². The predicted molar refractivity (Wildman–Crippen MR) is 137 cm³/mol. The van der Waals surface area contributed by atoms with E-state index in [-0.39, 0.29) is 18.8 Å². The molecule has 5 nitrogen and oxygen atoms in total. The van der Waals surface area contributed by atoms with Crippen LogP contribution in [0.25, 0.3) is 10.9 Å². The Kier molecular flexibility index (Phi) is 6.99. The number of alkyl halides is 1. The van der Waals surface area contributed by atoms with E-state index in [9.17, 15) is 9.50 Å². The van der Waals surface area contributed by atoms with E-state index < -0.39 is 6.10 Å². The van der Waals surface area contributed by atoms with Gasteiger partial charge in [-0.3, -0.25) is 14.2 Å². The van der Waals surface area contributed by atoms with Gasteiger partial charge in [0.25, 0.3) is 0 Å². The van der Waals surface area contributed by atoms with Crippen molar-refractivity contribution in [2.24, 2.45) is 0 Å². The maximum atomic E-state index is 12.5. The van der Waals surface area contributed by atoms with Crippen LogP contribution in [0, 0.1) is 0 Å². The highest BCUT2D eigenvalue weighted by Gasteiger charge is 2.32. The number of hydrogen-bond acceptors (Lipinski definition) is 4. The van der Waals surface area contributed by atoms with Gasteiger partial charge in [0.1, 0.15) is 0 Å². The molecule has 2 aliphatic heterocycles. The molecule has 1 aromatic heterocycles. The smallest absolute Gasteiger partial charge is 0.0906 e. The highest BCUT2D eigenvalue weighted by Crippen LogP contribution is 2.38. The molecule has 34 heavy (non-hydrogen) atoms. The van der Waals surface area contributed by atoms with Crippen LogP contribution in [0.5, 0.6) is 0 Å². The summed E-state index contributed by atoms with van der Waals surface area (Å²) in [6, 6.07) is 17.4. The number of hydrogen-bond donors (Lipinski definition) is 3. The molecule has 1 fully saturated rings. The standard InChI is InChI=1S/C28H35FN4O/c1-2-3-16-33-17-13-23-22-7-4-5-8-24(22)31-27(23)28(33)20-9-11-21(12-10-20)30-25-18-32(15-6-14-29)19-26(25)34/h2,4-5,7-12,25-26,28,30-31,34H,1,3,6,13-19H2/t25-,26+,28-/m1/s1. The first-order chi connectivity index (χ1) is 16.7. The van der Waals surface area contributed by atoms with Crippen molar-refractivity contribution in [3.05, 3.63) is 78.0 Å². The minimum Gasteiger partial charge on any atom is -0.390 e. The average molecular weight is 463 g/mol. The minimum atomic E-state index is -0.444. The summed E-state index contributed by atoms with van der Waals surface area (Å²) in [6.45, 7) is 7.64. The lowest BCUT2D eigenvalue weighted by atomic mass is 9.92. The third-order valence-electron chi connectivity index (χ3n) is 7.31. The number of rotatable bonds is 9. The van der Waals surface area contributed by atoms with Crippen molar-refractivity contribution < 1.29 is 9.50 Å². The fraction of sp³-hybridized carbons (Fsp3) is 0.429. The summed E-state index contributed by atoms with van der Waals surface area (Å²) < 4.78 is 12.5. The maximum absolute atomic E-state index is 12.5. The van der Waals surface area contributed by atoms with Crippen LogP contribution in [0.1, 0.15) is 35.7 Å². The normalized spacial score (nSPS) is 23.3. The first-order valence-corrected chi connectivity index (χ1v) is 12.4. The van der Waals surface area contributed by atoms with Gasteiger partial charge in [0.15, 0.2) is 0 Å². The first kappa shape index (κ1) is 23.1. The van der Waals surface area contributed by atoms with Crippen molar-refractivity contribution in [2.75, 3.05) is 44.7 Å². The number of aliphatic hydroxyl groups excluding tert-OH is 1. The second kappa shape index (κ2) is 10.3. The van der Waals surface area contributed by atoms with Gasteiger partial charge in [0.05, 0.1) is 24.9 Å². The number of para-hydroxylation sites is 1. The van der Waals surface area contributed by atoms with Gasteiger partial charge in [-0.15, -0.1) is 6.58 Å². The monoisotopic (exact) mass is 462 g/mol. The molecule has 2 aromatic carbocycles. The number of H-pyrrole nitrogens is 1. The lowest BCUT2D eigenvalue weighted by Gasteiger charge is -2.36. The van der Waals surface area contributed by atoms with E-state index in [0.717, 1.165) is 38.2 Å². The molecule has 3 N–H and O–H groups in total. The van der Waals surface area contributed by atoms with E-state index in [1.807, 2.05) is 6.08 Å². The van der Waals surface area contributed by atoms with Crippen molar-refractivity contribution >= 4 is 16.6 Å². The van der Waals surface area contributed by atoms with E-state index in [4.69, 9.17) is 0 Å². The number of β-amino-alcohol motifs (C(OH)–C–C–N with tert-alkyl or cyclic N) is 1. The number of fused-ring (bicyclic) bond motifs is 3. The van der Waals surface area contributed by atoms with Crippen LogP contribution in [-0.4, -0.2) is 71.4 Å². The minimum absolute atomic E-state index is 0.0375. The highest BCUT2D eigenvalue weighted by atomic mass is 19.1. The fourth-order valence-corrected chi connectivity index (χ4v) is 5.62. The van der Waals surface area contributed by atoms with Crippen LogP contribution >= 0.6 is 0 Å². The van der Waals surface area contributed by atoms with Gasteiger partial charge >= 0.3 is 0 Å². The molecule has 0 spiro atoms. The van der Waals surface area contributed by atoms with Crippen molar-refractivity contribution in [1.82, 2.24) is 14.8 Å². The van der Waals surface area contributed by atoms with Gasteiger partial charge < -0.3 is 15.4 Å². The maximum Gasteiger partial charge on any atom is 0.0906 e. The van der Waals surface area contributed by atoms with Crippen LogP contribution in [0.2, 0.25) is 0 Å². The van der Waals surface area contributed by atoms with Gasteiger partial charge in [0, 0.05) is 55.0 Å². The zero-order chi connectivity index (χ0) is 23.5. The number of likely N-dealkylation sites (tertiary alicyclic amines) is 1. The van der Waals surface area contributed by atoms with Gasteiger partial charge in [-0.05, 0) is 48.6 Å². The zero-order valence-corrected chi connectivity index (χ0v) is 19.7. The second-order valence-corrected chi connectivity index (χ2v) is 9.57. The molecule has 3 aromatic rings. The van der Waals surface area contributed by atoms with Gasteiger partial charge in [-0.1, -0.05) is 36.4 Å². The third kappa shape index (κ3) is 4.63. The average Bonchev–Trinajstić information content (AvgIpc) is 3.41. The van der Waals surface area contributed by atoms with E-state index in [0.29, 0.717) is 19.5 Å². The molecule has 5 rings (SSSR count). The summed E-state index contributed by atoms with van der Waals surface area (Å²) in [5, 5.41) is 15.3. The molecule has 180 valence electrons. The van der Waals surface area contributed by atoms with Crippen LogP contribution in [0.4, 0.5) is 10.1 Å². The van der Waals surface area contributed by atoms with Gasteiger partial charge in [0.2, 0.25) is 0 Å². The summed E-state index contributed by atoms with van der Waals surface area (Å²) in [6.07, 6.45) is 4.08. The predicted octanol–water partition coefficient (Wildman–Crippen LogP) is 4.51. The Morgan fingerprint density at radius 2 is 1.94 bits per heavy atom. The number of aromatic amines is 1. The molecule has 1 saturated heterocycles. The molecule has 0 saturated carbocycles. The molecule has 0 amide bonds. The molecule has 2 aliphatic rings. The molecular formula is C28H35FN4O. The molecule has 3 heterocycles. The van der Waals surface area contributed by atoms with Gasteiger partial charge in [-0.25, -0.2) is 0 Å². The third-order valence-corrected chi connectivity index (χ3v) is 7.31. The molecule has 0 radical (unpaired) electrons. The quantitative estimate of drug-likeness (QED) is 0.410. The summed E-state index contributed by atoms with van der Waals surface area (Å²) >= 11 is 0. The van der Waals surface area contributed by atoms with Crippen molar-refractivity contribution in [3.8, 4) is 0 Å². The molecule has 0 unspecified atom stereocenters. The Morgan fingerprint density at radius 1 is 1.12 bits per heavy atom. The summed E-state index contributed by atoms with van der Waals surface area (Å²) in [4.78, 5) is 8.40. The topological polar surface area (TPSA) is 54.5 Å². The van der Waals surface area contributed by atoms with E-state index in [1.54, 1.807) is 0 Å². The number of nitrogens with zero attached hydrogens (tertiary/aromatic N) is 2. The Balaban J connectivity index is 1.37. The Bertz CT molecular complexity index is 1110. The van der Waals surface area contributed by atoms with Crippen molar-refractivity contribution in [2.45, 2.75) is 37.5 Å². The molecule has 6 heteroatoms. The lowest BCUT2D eigenvalue weighted by molar-refractivity contribution is 0.168. The second-order valence-electron chi connectivity index (χ2n) is 9.57. The van der Waals surface area contributed by atoms with E-state index in [1.165, 1.54) is 27.7 Å². The highest BCUT2D eigenvalue weighted by molar-refractivity contribution is 5.85. The molecular weight excluding hydrogens is 427 g/mol. The Labute approximate surface area is 201 Å². The largest absolute Gasteiger partial charge is 0.390 e. The molecule has 0 bridgehead atoms. The zero-order valence-electron chi connectivity index (χ0n) is 19.7. The van der Waals surface area contributed by atoms with E-state index in [2.05, 4.69) is 75.2 Å². The number of anilines is 1. The summed E-state index contributed by atoms with van der Waals surface area (Å²) in [7, 11) is 0. The summed E-state index contributed by atoms with van der Waals surface area (Å²) in [5.41, 5.74) is 6.20. The molecule has 0 aliphatic carbocycles.